The van der Waals surface area contributed by atoms with E-state index in [1.54, 1.807) is 0 Å². The molecule has 0 bridgehead atoms. The van der Waals surface area contributed by atoms with Crippen LogP contribution in [0.2, 0.25) is 0 Å². The van der Waals surface area contributed by atoms with Crippen LogP contribution in [0.1, 0.15) is 18.4 Å². The first-order valence-corrected chi connectivity index (χ1v) is 7.50. The van der Waals surface area contributed by atoms with Crippen LogP contribution in [0.4, 0.5) is 5.69 Å². The van der Waals surface area contributed by atoms with Crippen molar-refractivity contribution in [2.24, 2.45) is 0 Å². The highest BCUT2D eigenvalue weighted by Crippen LogP contribution is 2.16. The van der Waals surface area contributed by atoms with Gasteiger partial charge in [-0.25, -0.2) is 0 Å². The molecule has 0 spiro atoms. The number of benzene rings is 1. The van der Waals surface area contributed by atoms with Crippen molar-refractivity contribution in [1.29, 1.82) is 0 Å². The molecule has 1 aromatic carbocycles. The highest BCUT2D eigenvalue weighted by molar-refractivity contribution is 5.92. The van der Waals surface area contributed by atoms with Crippen molar-refractivity contribution < 1.29 is 9.53 Å². The molecule has 0 unspecified atom stereocenters. The fraction of sp³-hybridized carbons (Fsp3) is 0.562. The fourth-order valence-corrected chi connectivity index (χ4v) is 2.46. The molecule has 1 saturated heterocycles. The molecule has 1 aliphatic heterocycles. The number of hydrogen-bond acceptors (Lipinski definition) is 4. The summed E-state index contributed by atoms with van der Waals surface area (Å²) >= 11 is 0. The number of anilines is 1. The molecule has 0 radical (unpaired) electrons. The Labute approximate surface area is 126 Å². The molecule has 1 aliphatic rings. The summed E-state index contributed by atoms with van der Waals surface area (Å²) < 4.78 is 5.68. The molecule has 21 heavy (non-hydrogen) atoms. The average molecular weight is 291 g/mol. The number of rotatable bonds is 6. The van der Waals surface area contributed by atoms with Gasteiger partial charge in [-0.05, 0) is 51.7 Å². The number of ether oxygens (including phenoxy) is 1. The van der Waals surface area contributed by atoms with Crippen molar-refractivity contribution in [3.05, 3.63) is 29.8 Å². The van der Waals surface area contributed by atoms with Crippen molar-refractivity contribution in [2.45, 2.75) is 25.5 Å². The maximum absolute atomic E-state index is 12.0. The third-order valence-electron chi connectivity index (χ3n) is 3.51. The van der Waals surface area contributed by atoms with Crippen LogP contribution in [-0.2, 0) is 16.1 Å². The summed E-state index contributed by atoms with van der Waals surface area (Å²) in [6, 6.07) is 7.88. The molecular weight excluding hydrogens is 266 g/mol. The summed E-state index contributed by atoms with van der Waals surface area (Å²) in [4.78, 5) is 14.1. The Balaban J connectivity index is 1.84. The minimum Gasteiger partial charge on any atom is -0.368 e. The van der Waals surface area contributed by atoms with E-state index in [1.807, 2.05) is 38.4 Å². The predicted octanol–water partition coefficient (Wildman–Crippen LogP) is 1.46. The highest BCUT2D eigenvalue weighted by atomic mass is 16.5. The van der Waals surface area contributed by atoms with E-state index < -0.39 is 0 Å². The van der Waals surface area contributed by atoms with Gasteiger partial charge in [0, 0.05) is 12.2 Å². The van der Waals surface area contributed by atoms with E-state index in [9.17, 15) is 4.79 Å². The lowest BCUT2D eigenvalue weighted by atomic mass is 10.1. The molecule has 2 N–H and O–H groups in total. The van der Waals surface area contributed by atoms with Gasteiger partial charge >= 0.3 is 0 Å². The maximum atomic E-state index is 12.0. The SMILES string of the molecule is CN(C)Cc1ccccc1NC(=O)COC1CCNCC1. The second-order valence-corrected chi connectivity index (χ2v) is 5.70. The molecule has 116 valence electrons. The topological polar surface area (TPSA) is 53.6 Å². The number of nitrogens with zero attached hydrogens (tertiary/aromatic N) is 1. The van der Waals surface area contributed by atoms with Crippen molar-refractivity contribution in [2.75, 3.05) is 39.1 Å². The van der Waals surface area contributed by atoms with Crippen LogP contribution in [0.3, 0.4) is 0 Å². The zero-order valence-corrected chi connectivity index (χ0v) is 12.9. The lowest BCUT2D eigenvalue weighted by molar-refractivity contribution is -0.123. The largest absolute Gasteiger partial charge is 0.368 e. The molecule has 0 atom stereocenters. The van der Waals surface area contributed by atoms with Crippen LogP contribution in [0.15, 0.2) is 24.3 Å². The van der Waals surface area contributed by atoms with E-state index in [0.29, 0.717) is 0 Å². The molecule has 0 aromatic heterocycles. The number of amides is 1. The van der Waals surface area contributed by atoms with E-state index in [4.69, 9.17) is 4.74 Å². The molecule has 1 heterocycles. The maximum Gasteiger partial charge on any atom is 0.250 e. The summed E-state index contributed by atoms with van der Waals surface area (Å²) in [7, 11) is 4.03. The van der Waals surface area contributed by atoms with Gasteiger partial charge in [0.25, 0.3) is 0 Å². The molecule has 2 rings (SSSR count). The van der Waals surface area contributed by atoms with Crippen molar-refractivity contribution >= 4 is 11.6 Å². The Morgan fingerprint density at radius 3 is 2.76 bits per heavy atom. The Morgan fingerprint density at radius 2 is 2.05 bits per heavy atom. The van der Waals surface area contributed by atoms with Crippen LogP contribution >= 0.6 is 0 Å². The summed E-state index contributed by atoms with van der Waals surface area (Å²) in [5.74, 6) is -0.0836. The van der Waals surface area contributed by atoms with Gasteiger partial charge in [-0.1, -0.05) is 18.2 Å². The van der Waals surface area contributed by atoms with Crippen LogP contribution in [-0.4, -0.2) is 50.7 Å². The average Bonchev–Trinajstić information content (AvgIpc) is 2.48. The van der Waals surface area contributed by atoms with E-state index in [2.05, 4.69) is 15.5 Å². The van der Waals surface area contributed by atoms with Gasteiger partial charge in [-0.3, -0.25) is 4.79 Å². The Kier molecular flexibility index (Phi) is 6.17. The molecular formula is C16H25N3O2. The first kappa shape index (κ1) is 15.9. The molecule has 1 amide bonds. The lowest BCUT2D eigenvalue weighted by Gasteiger charge is -2.22. The molecule has 5 nitrogen and oxygen atoms in total. The Morgan fingerprint density at radius 1 is 1.33 bits per heavy atom. The predicted molar refractivity (Wildman–Crippen MR) is 84.3 cm³/mol. The van der Waals surface area contributed by atoms with Gasteiger partial charge in [0.05, 0.1) is 6.10 Å². The number of nitrogens with one attached hydrogen (secondary N) is 2. The quantitative estimate of drug-likeness (QED) is 0.833. The van der Waals surface area contributed by atoms with Crippen LogP contribution in [0.5, 0.6) is 0 Å². The number of para-hydroxylation sites is 1. The normalized spacial score (nSPS) is 16.1. The third kappa shape index (κ3) is 5.46. The van der Waals surface area contributed by atoms with Crippen molar-refractivity contribution in [1.82, 2.24) is 10.2 Å². The Hall–Kier alpha value is -1.43. The van der Waals surface area contributed by atoms with E-state index >= 15 is 0 Å². The second-order valence-electron chi connectivity index (χ2n) is 5.70. The summed E-state index contributed by atoms with van der Waals surface area (Å²) in [5, 5.41) is 6.23. The van der Waals surface area contributed by atoms with Gasteiger partial charge in [-0.2, -0.15) is 0 Å². The van der Waals surface area contributed by atoms with Crippen LogP contribution in [0.25, 0.3) is 0 Å². The lowest BCUT2D eigenvalue weighted by Crippen LogP contribution is -2.34. The molecule has 0 saturated carbocycles. The van der Waals surface area contributed by atoms with Crippen molar-refractivity contribution in [3.8, 4) is 0 Å². The molecule has 0 aliphatic carbocycles. The number of hydrogen-bond donors (Lipinski definition) is 2. The van der Waals surface area contributed by atoms with Gasteiger partial charge < -0.3 is 20.3 Å². The van der Waals surface area contributed by atoms with Crippen LogP contribution < -0.4 is 10.6 Å². The minimum atomic E-state index is -0.0836. The third-order valence-corrected chi connectivity index (χ3v) is 3.51. The van der Waals surface area contributed by atoms with Gasteiger partial charge in [0.15, 0.2) is 0 Å². The van der Waals surface area contributed by atoms with E-state index in [1.165, 1.54) is 0 Å². The first-order chi connectivity index (χ1) is 10.1. The smallest absolute Gasteiger partial charge is 0.250 e. The summed E-state index contributed by atoms with van der Waals surface area (Å²) in [6.45, 7) is 2.86. The zero-order chi connectivity index (χ0) is 15.1. The summed E-state index contributed by atoms with van der Waals surface area (Å²) in [5.41, 5.74) is 1.97. The summed E-state index contributed by atoms with van der Waals surface area (Å²) in [6.07, 6.45) is 2.16. The molecule has 1 aromatic rings. The van der Waals surface area contributed by atoms with Crippen LogP contribution in [0, 0.1) is 0 Å². The highest BCUT2D eigenvalue weighted by Gasteiger charge is 2.15. The number of carbonyl (C=O) groups is 1. The zero-order valence-electron chi connectivity index (χ0n) is 12.9. The first-order valence-electron chi connectivity index (χ1n) is 7.50. The monoisotopic (exact) mass is 291 g/mol. The number of piperidine rings is 1. The van der Waals surface area contributed by atoms with Gasteiger partial charge in [-0.15, -0.1) is 0 Å². The fourth-order valence-electron chi connectivity index (χ4n) is 2.46. The minimum absolute atomic E-state index is 0.0836. The number of carbonyl (C=O) groups excluding carboxylic acids is 1. The van der Waals surface area contributed by atoms with Gasteiger partial charge in [0.1, 0.15) is 6.61 Å². The van der Waals surface area contributed by atoms with E-state index in [0.717, 1.165) is 43.7 Å². The molecule has 1 fully saturated rings. The molecule has 5 heteroatoms. The van der Waals surface area contributed by atoms with Crippen molar-refractivity contribution in [3.63, 3.8) is 0 Å². The standard InChI is InChI=1S/C16H25N3O2/c1-19(2)11-13-5-3-4-6-15(13)18-16(20)12-21-14-7-9-17-10-8-14/h3-6,14,17H,7-12H2,1-2H3,(H,18,20). The Bertz CT molecular complexity index is 457. The second kappa shape index (κ2) is 8.12. The van der Waals surface area contributed by atoms with Gasteiger partial charge in [0.2, 0.25) is 5.91 Å². The van der Waals surface area contributed by atoms with E-state index in [-0.39, 0.29) is 18.6 Å².